The lowest BCUT2D eigenvalue weighted by Gasteiger charge is -2.15. The zero-order chi connectivity index (χ0) is 10.1. The van der Waals surface area contributed by atoms with E-state index < -0.39 is 5.82 Å². The summed E-state index contributed by atoms with van der Waals surface area (Å²) < 4.78 is 13.6. The van der Waals surface area contributed by atoms with Gasteiger partial charge < -0.3 is 0 Å². The van der Waals surface area contributed by atoms with Crippen LogP contribution in [0.25, 0.3) is 0 Å². The normalized spacial score (nSPS) is 14.7. The fourth-order valence-corrected chi connectivity index (χ4v) is 1.77. The predicted octanol–water partition coefficient (Wildman–Crippen LogP) is 2.22. The zero-order valence-corrected chi connectivity index (χ0v) is 7.51. The Kier molecular flexibility index (Phi) is 2.05. The average Bonchev–Trinajstić information content (AvgIpc) is 2.20. The number of carbonyl (C=O) groups excluding carboxylic acids is 1. The SMILES string of the molecule is N#Cc1ccc2c(c1F)CCCC2=O. The van der Waals surface area contributed by atoms with Crippen LogP contribution in [0.5, 0.6) is 0 Å². The summed E-state index contributed by atoms with van der Waals surface area (Å²) in [4.78, 5) is 11.4. The van der Waals surface area contributed by atoms with Gasteiger partial charge in [0.05, 0.1) is 5.56 Å². The van der Waals surface area contributed by atoms with Gasteiger partial charge in [-0.15, -0.1) is 0 Å². The number of fused-ring (bicyclic) bond motifs is 1. The summed E-state index contributed by atoms with van der Waals surface area (Å²) in [5.74, 6) is -0.535. The van der Waals surface area contributed by atoms with Crippen LogP contribution in [0.2, 0.25) is 0 Å². The van der Waals surface area contributed by atoms with Gasteiger partial charge in [-0.05, 0) is 30.5 Å². The third kappa shape index (κ3) is 1.20. The minimum atomic E-state index is -0.516. The molecule has 0 fully saturated rings. The first-order chi connectivity index (χ1) is 6.74. The van der Waals surface area contributed by atoms with Crippen molar-refractivity contribution < 1.29 is 9.18 Å². The molecule has 0 unspecified atom stereocenters. The van der Waals surface area contributed by atoms with Crippen molar-refractivity contribution in [3.8, 4) is 6.07 Å². The van der Waals surface area contributed by atoms with Crippen LogP contribution in [0.1, 0.15) is 34.3 Å². The van der Waals surface area contributed by atoms with Gasteiger partial charge >= 0.3 is 0 Å². The Bertz CT molecular complexity index is 445. The lowest BCUT2D eigenvalue weighted by atomic mass is 9.89. The maximum Gasteiger partial charge on any atom is 0.163 e. The van der Waals surface area contributed by atoms with Crippen molar-refractivity contribution in [1.29, 1.82) is 5.26 Å². The molecular weight excluding hydrogens is 181 g/mol. The highest BCUT2D eigenvalue weighted by atomic mass is 19.1. The molecule has 0 heterocycles. The molecule has 1 aliphatic rings. The highest BCUT2D eigenvalue weighted by molar-refractivity contribution is 5.98. The Balaban J connectivity index is 2.64. The number of hydrogen-bond donors (Lipinski definition) is 0. The van der Waals surface area contributed by atoms with E-state index in [1.807, 2.05) is 0 Å². The quantitative estimate of drug-likeness (QED) is 0.627. The molecule has 0 spiro atoms. The minimum Gasteiger partial charge on any atom is -0.294 e. The Morgan fingerprint density at radius 3 is 2.86 bits per heavy atom. The van der Waals surface area contributed by atoms with Crippen LogP contribution in [-0.4, -0.2) is 5.78 Å². The number of carbonyl (C=O) groups is 1. The fraction of sp³-hybridized carbons (Fsp3) is 0.273. The van der Waals surface area contributed by atoms with Gasteiger partial charge in [-0.2, -0.15) is 5.26 Å². The number of ketones is 1. The van der Waals surface area contributed by atoms with E-state index in [4.69, 9.17) is 5.26 Å². The number of nitrogens with zero attached hydrogens (tertiary/aromatic N) is 1. The molecule has 1 aromatic rings. The molecule has 0 bridgehead atoms. The molecule has 2 nitrogen and oxygen atoms in total. The van der Waals surface area contributed by atoms with E-state index in [1.54, 1.807) is 12.1 Å². The maximum atomic E-state index is 13.6. The van der Waals surface area contributed by atoms with Crippen LogP contribution in [-0.2, 0) is 6.42 Å². The van der Waals surface area contributed by atoms with Crippen molar-refractivity contribution in [3.63, 3.8) is 0 Å². The van der Waals surface area contributed by atoms with Crippen LogP contribution in [0.15, 0.2) is 12.1 Å². The number of benzene rings is 1. The van der Waals surface area contributed by atoms with Crippen molar-refractivity contribution in [1.82, 2.24) is 0 Å². The molecule has 0 radical (unpaired) electrons. The zero-order valence-electron chi connectivity index (χ0n) is 7.51. The lowest BCUT2D eigenvalue weighted by Crippen LogP contribution is -2.13. The van der Waals surface area contributed by atoms with Gasteiger partial charge in [0.25, 0.3) is 0 Å². The smallest absolute Gasteiger partial charge is 0.163 e. The van der Waals surface area contributed by atoms with E-state index >= 15 is 0 Å². The largest absolute Gasteiger partial charge is 0.294 e. The van der Waals surface area contributed by atoms with Gasteiger partial charge in [-0.1, -0.05) is 0 Å². The Hall–Kier alpha value is -1.69. The van der Waals surface area contributed by atoms with E-state index in [0.29, 0.717) is 30.4 Å². The molecule has 70 valence electrons. The minimum absolute atomic E-state index is 0.0189. The van der Waals surface area contributed by atoms with Gasteiger partial charge in [0, 0.05) is 12.0 Å². The van der Waals surface area contributed by atoms with Gasteiger partial charge in [-0.25, -0.2) is 4.39 Å². The molecule has 0 saturated heterocycles. The standard InChI is InChI=1S/C11H8FNO/c12-11-7(6-13)4-5-8-9(11)2-1-3-10(8)14/h4-5H,1-3H2. The molecule has 0 aliphatic heterocycles. The average molecular weight is 189 g/mol. The summed E-state index contributed by atoms with van der Waals surface area (Å²) in [6.45, 7) is 0. The van der Waals surface area contributed by atoms with Crippen LogP contribution >= 0.6 is 0 Å². The summed E-state index contributed by atoms with van der Waals surface area (Å²) in [6, 6.07) is 4.70. The number of nitriles is 1. The Morgan fingerprint density at radius 1 is 1.36 bits per heavy atom. The highest BCUT2D eigenvalue weighted by Crippen LogP contribution is 2.25. The molecule has 0 aromatic heterocycles. The van der Waals surface area contributed by atoms with Crippen molar-refractivity contribution in [2.75, 3.05) is 0 Å². The topological polar surface area (TPSA) is 40.9 Å². The van der Waals surface area contributed by atoms with E-state index in [0.717, 1.165) is 0 Å². The van der Waals surface area contributed by atoms with Crippen LogP contribution in [0.3, 0.4) is 0 Å². The highest BCUT2D eigenvalue weighted by Gasteiger charge is 2.21. The number of rotatable bonds is 0. The van der Waals surface area contributed by atoms with Gasteiger partial charge in [0.1, 0.15) is 11.9 Å². The van der Waals surface area contributed by atoms with Gasteiger partial charge in [0.15, 0.2) is 5.78 Å². The number of Topliss-reactive ketones (excluding diaryl/α,β-unsaturated/α-hetero) is 1. The molecule has 14 heavy (non-hydrogen) atoms. The molecule has 0 amide bonds. The summed E-state index contributed by atoms with van der Waals surface area (Å²) >= 11 is 0. The second-order valence-corrected chi connectivity index (χ2v) is 3.34. The van der Waals surface area contributed by atoms with Crippen molar-refractivity contribution in [2.24, 2.45) is 0 Å². The monoisotopic (exact) mass is 189 g/mol. The van der Waals surface area contributed by atoms with Gasteiger partial charge in [0.2, 0.25) is 0 Å². The third-order valence-corrected chi connectivity index (χ3v) is 2.49. The molecule has 2 rings (SSSR count). The van der Waals surface area contributed by atoms with Crippen LogP contribution < -0.4 is 0 Å². The summed E-state index contributed by atoms with van der Waals surface area (Å²) in [6.07, 6.45) is 1.72. The van der Waals surface area contributed by atoms with E-state index in [2.05, 4.69) is 0 Å². The van der Waals surface area contributed by atoms with Crippen molar-refractivity contribution in [3.05, 3.63) is 34.6 Å². The number of hydrogen-bond acceptors (Lipinski definition) is 2. The lowest BCUT2D eigenvalue weighted by molar-refractivity contribution is 0.0971. The van der Waals surface area contributed by atoms with Crippen molar-refractivity contribution in [2.45, 2.75) is 19.3 Å². The molecule has 0 saturated carbocycles. The second-order valence-electron chi connectivity index (χ2n) is 3.34. The summed E-state index contributed by atoms with van der Waals surface area (Å²) in [5.41, 5.74) is 0.895. The van der Waals surface area contributed by atoms with E-state index in [-0.39, 0.29) is 11.3 Å². The molecular formula is C11H8FNO. The van der Waals surface area contributed by atoms with Crippen molar-refractivity contribution >= 4 is 5.78 Å². The Morgan fingerprint density at radius 2 is 2.14 bits per heavy atom. The molecule has 0 N–H and O–H groups in total. The van der Waals surface area contributed by atoms with E-state index in [9.17, 15) is 9.18 Å². The predicted molar refractivity (Wildman–Crippen MR) is 48.4 cm³/mol. The van der Waals surface area contributed by atoms with Crippen LogP contribution in [0.4, 0.5) is 4.39 Å². The van der Waals surface area contributed by atoms with Crippen LogP contribution in [0, 0.1) is 17.1 Å². The molecule has 0 atom stereocenters. The first kappa shape index (κ1) is 8.89. The second kappa shape index (κ2) is 3.22. The summed E-state index contributed by atoms with van der Waals surface area (Å²) in [5, 5.41) is 8.61. The molecule has 3 heteroatoms. The first-order valence-electron chi connectivity index (χ1n) is 4.48. The van der Waals surface area contributed by atoms with Gasteiger partial charge in [-0.3, -0.25) is 4.79 Å². The molecule has 1 aromatic carbocycles. The third-order valence-electron chi connectivity index (χ3n) is 2.49. The Labute approximate surface area is 81.0 Å². The fourth-order valence-electron chi connectivity index (χ4n) is 1.77. The summed E-state index contributed by atoms with van der Waals surface area (Å²) in [7, 11) is 0. The maximum absolute atomic E-state index is 13.6. The number of halogens is 1. The molecule has 1 aliphatic carbocycles. The van der Waals surface area contributed by atoms with E-state index in [1.165, 1.54) is 6.07 Å². The first-order valence-corrected chi connectivity index (χ1v) is 4.48.